The average molecular weight is 526 g/mol. The first kappa shape index (κ1) is 24.3. The zero-order valence-corrected chi connectivity index (χ0v) is 21.4. The van der Waals surface area contributed by atoms with Crippen molar-refractivity contribution < 1.29 is 23.1 Å². The molecule has 3 aromatic rings. The van der Waals surface area contributed by atoms with E-state index in [1.54, 1.807) is 23.9 Å². The van der Waals surface area contributed by atoms with E-state index in [0.717, 1.165) is 26.1 Å². The molecule has 0 aliphatic heterocycles. The van der Waals surface area contributed by atoms with Crippen LogP contribution in [0.4, 0.5) is 0 Å². The minimum absolute atomic E-state index is 0.375. The first-order valence-corrected chi connectivity index (χ1v) is 14.1. The number of aliphatic carboxylic acids is 1. The number of ether oxygens (including phenoxy) is 1. The summed E-state index contributed by atoms with van der Waals surface area (Å²) < 4.78 is 33.6. The van der Waals surface area contributed by atoms with Crippen LogP contribution in [-0.2, 0) is 14.6 Å². The van der Waals surface area contributed by atoms with Crippen LogP contribution in [-0.4, -0.2) is 43.3 Å². The molecule has 0 radical (unpaired) electrons. The van der Waals surface area contributed by atoms with Gasteiger partial charge in [-0.05, 0) is 79.6 Å². The van der Waals surface area contributed by atoms with Gasteiger partial charge in [0.05, 0.1) is 0 Å². The number of halogens is 1. The molecule has 0 spiro atoms. The molecule has 1 aromatic heterocycles. The lowest BCUT2D eigenvalue weighted by atomic mass is 10.2. The van der Waals surface area contributed by atoms with Gasteiger partial charge in [0.1, 0.15) is 14.8 Å². The number of rotatable bonds is 10. The second kappa shape index (κ2) is 9.46. The molecule has 1 aliphatic rings. The standard InChI is InChI=1S/C23H24ClNO5S3/c1-14-11-17(4-5-19(14)30-13-21(26)27)31-10-9-25-23(7-8-23)33(28,29)22-15(2)18-12-16(24)3-6-20(18)32-22/h3-6,11-12,25H,7-10,13H2,1-2H3,(H,26,27). The summed E-state index contributed by atoms with van der Waals surface area (Å²) in [6.07, 6.45) is 1.20. The van der Waals surface area contributed by atoms with E-state index in [2.05, 4.69) is 5.32 Å². The van der Waals surface area contributed by atoms with Gasteiger partial charge in [-0.2, -0.15) is 0 Å². The van der Waals surface area contributed by atoms with E-state index in [9.17, 15) is 13.2 Å². The second-order valence-electron chi connectivity index (χ2n) is 8.04. The van der Waals surface area contributed by atoms with Crippen molar-refractivity contribution in [1.82, 2.24) is 5.32 Å². The van der Waals surface area contributed by atoms with Gasteiger partial charge >= 0.3 is 5.97 Å². The van der Waals surface area contributed by atoms with Crippen LogP contribution in [0.25, 0.3) is 10.1 Å². The third-order valence-electron chi connectivity index (χ3n) is 5.63. The van der Waals surface area contributed by atoms with Gasteiger partial charge in [0, 0.05) is 26.9 Å². The number of benzene rings is 2. The maximum Gasteiger partial charge on any atom is 0.341 e. The van der Waals surface area contributed by atoms with Crippen molar-refractivity contribution in [2.24, 2.45) is 0 Å². The molecule has 10 heteroatoms. The van der Waals surface area contributed by atoms with E-state index in [-0.39, 0.29) is 6.61 Å². The third kappa shape index (κ3) is 5.02. The van der Waals surface area contributed by atoms with E-state index in [0.29, 0.717) is 40.1 Å². The fourth-order valence-corrected chi connectivity index (χ4v) is 8.66. The number of nitrogens with one attached hydrogen (secondary N) is 1. The summed E-state index contributed by atoms with van der Waals surface area (Å²) in [4.78, 5) is 10.8. The lowest BCUT2D eigenvalue weighted by molar-refractivity contribution is -0.139. The average Bonchev–Trinajstić information content (AvgIpc) is 3.49. The van der Waals surface area contributed by atoms with Crippen molar-refractivity contribution in [3.8, 4) is 5.75 Å². The van der Waals surface area contributed by atoms with Crippen LogP contribution in [0.1, 0.15) is 24.0 Å². The fourth-order valence-electron chi connectivity index (χ4n) is 3.72. The first-order chi connectivity index (χ1) is 15.6. The van der Waals surface area contributed by atoms with Gasteiger partial charge < -0.3 is 9.84 Å². The number of hydrogen-bond donors (Lipinski definition) is 2. The van der Waals surface area contributed by atoms with Crippen LogP contribution in [0.15, 0.2) is 45.5 Å². The van der Waals surface area contributed by atoms with Crippen molar-refractivity contribution in [3.05, 3.63) is 52.5 Å². The smallest absolute Gasteiger partial charge is 0.341 e. The molecule has 1 fully saturated rings. The highest BCUT2D eigenvalue weighted by molar-refractivity contribution is 7.99. The molecule has 6 nitrogen and oxygen atoms in total. The van der Waals surface area contributed by atoms with E-state index >= 15 is 0 Å². The Morgan fingerprint density at radius 2 is 2.00 bits per heavy atom. The molecule has 176 valence electrons. The van der Waals surface area contributed by atoms with Crippen molar-refractivity contribution in [2.75, 3.05) is 18.9 Å². The molecule has 2 aromatic carbocycles. The number of hydrogen-bond acceptors (Lipinski definition) is 7. The van der Waals surface area contributed by atoms with Crippen LogP contribution in [0.3, 0.4) is 0 Å². The molecule has 0 amide bonds. The van der Waals surface area contributed by atoms with Gasteiger partial charge in [-0.3, -0.25) is 5.32 Å². The number of thiophene rings is 1. The van der Waals surface area contributed by atoms with Crippen LogP contribution in [0.5, 0.6) is 5.75 Å². The highest BCUT2D eigenvalue weighted by Crippen LogP contribution is 2.48. The third-order valence-corrected chi connectivity index (χ3v) is 11.2. The molecular formula is C23H24ClNO5S3. The SMILES string of the molecule is Cc1cc(SCCNC2(S(=O)(=O)c3sc4ccc(Cl)cc4c3C)CC2)ccc1OCC(=O)O. The van der Waals surface area contributed by atoms with E-state index < -0.39 is 20.7 Å². The maximum atomic E-state index is 13.5. The van der Waals surface area contributed by atoms with Crippen molar-refractivity contribution in [3.63, 3.8) is 0 Å². The number of carboxylic acid groups (broad SMARTS) is 1. The van der Waals surface area contributed by atoms with Crippen LogP contribution in [0.2, 0.25) is 5.02 Å². The predicted octanol–water partition coefficient (Wildman–Crippen LogP) is 5.28. The highest BCUT2D eigenvalue weighted by Gasteiger charge is 2.55. The normalized spacial score (nSPS) is 15.0. The van der Waals surface area contributed by atoms with Crippen molar-refractivity contribution in [1.29, 1.82) is 0 Å². The topological polar surface area (TPSA) is 92.7 Å². The van der Waals surface area contributed by atoms with Gasteiger partial charge in [0.25, 0.3) is 0 Å². The summed E-state index contributed by atoms with van der Waals surface area (Å²) in [5.74, 6) is 0.230. The molecule has 0 bridgehead atoms. The zero-order valence-electron chi connectivity index (χ0n) is 18.2. The number of fused-ring (bicyclic) bond motifs is 1. The molecule has 33 heavy (non-hydrogen) atoms. The number of thioether (sulfide) groups is 1. The fraction of sp³-hybridized carbons (Fsp3) is 0.348. The molecule has 0 unspecified atom stereocenters. The van der Waals surface area contributed by atoms with Crippen LogP contribution in [0, 0.1) is 13.8 Å². The summed E-state index contributed by atoms with van der Waals surface area (Å²) >= 11 is 9.03. The lowest BCUT2D eigenvalue weighted by Gasteiger charge is -2.18. The van der Waals surface area contributed by atoms with E-state index in [4.69, 9.17) is 21.4 Å². The summed E-state index contributed by atoms with van der Waals surface area (Å²) in [7, 11) is -3.51. The number of sulfone groups is 1. The van der Waals surface area contributed by atoms with Crippen molar-refractivity contribution >= 4 is 60.6 Å². The summed E-state index contributed by atoms with van der Waals surface area (Å²) in [5, 5.41) is 13.5. The van der Waals surface area contributed by atoms with Crippen molar-refractivity contribution in [2.45, 2.75) is 40.7 Å². The quantitative estimate of drug-likeness (QED) is 0.275. The minimum Gasteiger partial charge on any atom is -0.482 e. The van der Waals surface area contributed by atoms with E-state index in [1.807, 2.05) is 38.1 Å². The molecule has 1 aliphatic carbocycles. The monoisotopic (exact) mass is 525 g/mol. The Kier molecular flexibility index (Phi) is 6.98. The first-order valence-electron chi connectivity index (χ1n) is 10.4. The Bertz CT molecular complexity index is 1320. The molecule has 0 atom stereocenters. The number of carbonyl (C=O) groups is 1. The maximum absolute atomic E-state index is 13.5. The Labute approximate surface area is 206 Å². The summed E-state index contributed by atoms with van der Waals surface area (Å²) in [6.45, 7) is 3.89. The van der Waals surface area contributed by atoms with Gasteiger partial charge in [-0.25, -0.2) is 13.2 Å². The van der Waals surface area contributed by atoms with Gasteiger partial charge in [0.15, 0.2) is 6.61 Å². The van der Waals surface area contributed by atoms with Crippen LogP contribution >= 0.6 is 34.7 Å². The molecule has 2 N–H and O–H groups in total. The Morgan fingerprint density at radius 3 is 2.67 bits per heavy atom. The molecule has 0 saturated heterocycles. The Balaban J connectivity index is 1.39. The largest absolute Gasteiger partial charge is 0.482 e. The van der Waals surface area contributed by atoms with Crippen LogP contribution < -0.4 is 10.1 Å². The lowest BCUT2D eigenvalue weighted by Crippen LogP contribution is -2.40. The second-order valence-corrected chi connectivity index (χ2v) is 13.1. The highest BCUT2D eigenvalue weighted by atomic mass is 35.5. The predicted molar refractivity (Wildman–Crippen MR) is 134 cm³/mol. The van der Waals surface area contributed by atoms with Gasteiger partial charge in [-0.1, -0.05) is 11.6 Å². The molecule has 1 saturated carbocycles. The van der Waals surface area contributed by atoms with Gasteiger partial charge in [-0.15, -0.1) is 23.1 Å². The Morgan fingerprint density at radius 1 is 1.24 bits per heavy atom. The molecule has 4 rings (SSSR count). The Hall–Kier alpha value is -1.78. The molecular weight excluding hydrogens is 502 g/mol. The minimum atomic E-state index is -3.51. The van der Waals surface area contributed by atoms with Gasteiger partial charge in [0.2, 0.25) is 9.84 Å². The number of carboxylic acids is 1. The summed E-state index contributed by atoms with van der Waals surface area (Å²) in [6, 6.07) is 11.1. The molecule has 1 heterocycles. The zero-order chi connectivity index (χ0) is 23.8. The van der Waals surface area contributed by atoms with E-state index in [1.165, 1.54) is 11.3 Å². The number of aryl methyl sites for hydroxylation is 2. The summed E-state index contributed by atoms with van der Waals surface area (Å²) in [5.41, 5.74) is 1.62.